The number of rotatable bonds is 9. The number of aryl methyl sites for hydroxylation is 1. The summed E-state index contributed by atoms with van der Waals surface area (Å²) in [4.78, 5) is 15.0. The standard InChI is InChI=1S/C21H24FN3O4/c1-13(2)29-12-19(26)15-8-16-11-24-25(21(16)23-10-15)17-7-6-14(18(22)9-17)4-3-5-20(27)28/h6-11,13,19,26H,3-5,12H2,1-2H3,(H,27,28)/t19-/m1/s1. The van der Waals surface area contributed by atoms with Crippen LogP contribution in [0.4, 0.5) is 4.39 Å². The summed E-state index contributed by atoms with van der Waals surface area (Å²) in [7, 11) is 0. The van der Waals surface area contributed by atoms with Gasteiger partial charge in [0.1, 0.15) is 11.9 Å². The number of ether oxygens (including phenoxy) is 1. The summed E-state index contributed by atoms with van der Waals surface area (Å²) in [6.07, 6.45) is 3.14. The summed E-state index contributed by atoms with van der Waals surface area (Å²) in [6.45, 7) is 3.97. The quantitative estimate of drug-likeness (QED) is 0.570. The fraction of sp³-hybridized carbons (Fsp3) is 0.381. The molecule has 3 rings (SSSR count). The van der Waals surface area contributed by atoms with E-state index >= 15 is 0 Å². The molecule has 7 nitrogen and oxygen atoms in total. The summed E-state index contributed by atoms with van der Waals surface area (Å²) >= 11 is 0. The SMILES string of the molecule is CC(C)OC[C@@H](O)c1cnc2c(cnn2-c2ccc(CCCC(=O)O)c(F)c2)c1. The first-order valence-corrected chi connectivity index (χ1v) is 9.49. The predicted molar refractivity (Wildman–Crippen MR) is 105 cm³/mol. The monoisotopic (exact) mass is 401 g/mol. The Morgan fingerprint density at radius 2 is 2.07 bits per heavy atom. The van der Waals surface area contributed by atoms with Crippen LogP contribution in [-0.2, 0) is 16.0 Å². The number of carboxylic acids is 1. The zero-order valence-corrected chi connectivity index (χ0v) is 16.4. The molecular weight excluding hydrogens is 377 g/mol. The van der Waals surface area contributed by atoms with Crippen LogP contribution in [0.3, 0.4) is 0 Å². The van der Waals surface area contributed by atoms with Crippen molar-refractivity contribution in [3.8, 4) is 5.69 Å². The Morgan fingerprint density at radius 1 is 1.28 bits per heavy atom. The van der Waals surface area contributed by atoms with Gasteiger partial charge in [0.2, 0.25) is 0 Å². The molecule has 0 amide bonds. The highest BCUT2D eigenvalue weighted by Crippen LogP contribution is 2.23. The zero-order chi connectivity index (χ0) is 21.0. The molecule has 0 unspecified atom stereocenters. The average molecular weight is 401 g/mol. The number of hydrogen-bond donors (Lipinski definition) is 2. The fourth-order valence-electron chi connectivity index (χ4n) is 2.99. The van der Waals surface area contributed by atoms with Crippen molar-refractivity contribution in [1.82, 2.24) is 14.8 Å². The van der Waals surface area contributed by atoms with Crippen molar-refractivity contribution >= 4 is 17.0 Å². The second-order valence-electron chi connectivity index (χ2n) is 7.16. The Morgan fingerprint density at radius 3 is 2.76 bits per heavy atom. The van der Waals surface area contributed by atoms with E-state index in [0.717, 1.165) is 5.39 Å². The van der Waals surface area contributed by atoms with Gasteiger partial charge < -0.3 is 14.9 Å². The Bertz CT molecular complexity index is 1000. The minimum atomic E-state index is -0.892. The van der Waals surface area contributed by atoms with Crippen LogP contribution >= 0.6 is 0 Å². The fourth-order valence-corrected chi connectivity index (χ4v) is 2.99. The lowest BCUT2D eigenvalue weighted by molar-refractivity contribution is -0.137. The van der Waals surface area contributed by atoms with Crippen molar-refractivity contribution in [1.29, 1.82) is 0 Å². The molecule has 1 aromatic carbocycles. The van der Waals surface area contributed by atoms with Crippen molar-refractivity contribution in [2.24, 2.45) is 0 Å². The number of aromatic nitrogens is 3. The third-order valence-electron chi connectivity index (χ3n) is 4.52. The average Bonchev–Trinajstić information content (AvgIpc) is 3.10. The van der Waals surface area contributed by atoms with Gasteiger partial charge in [-0.05, 0) is 50.5 Å². The van der Waals surface area contributed by atoms with Gasteiger partial charge in [0.15, 0.2) is 5.65 Å². The molecule has 8 heteroatoms. The molecule has 0 aliphatic heterocycles. The number of pyridine rings is 1. The lowest BCUT2D eigenvalue weighted by Crippen LogP contribution is -2.12. The van der Waals surface area contributed by atoms with Gasteiger partial charge in [0.25, 0.3) is 0 Å². The lowest BCUT2D eigenvalue weighted by atomic mass is 10.1. The van der Waals surface area contributed by atoms with E-state index in [1.54, 1.807) is 30.6 Å². The number of aliphatic hydroxyl groups excluding tert-OH is 1. The third-order valence-corrected chi connectivity index (χ3v) is 4.52. The van der Waals surface area contributed by atoms with Crippen LogP contribution in [0.1, 0.15) is 43.9 Å². The van der Waals surface area contributed by atoms with Crippen LogP contribution in [0.2, 0.25) is 0 Å². The molecule has 0 aliphatic rings. The Hall–Kier alpha value is -2.84. The predicted octanol–water partition coefficient (Wildman–Crippen LogP) is 3.43. The van der Waals surface area contributed by atoms with E-state index in [4.69, 9.17) is 9.84 Å². The van der Waals surface area contributed by atoms with Crippen LogP contribution < -0.4 is 0 Å². The molecule has 29 heavy (non-hydrogen) atoms. The minimum absolute atomic E-state index is 0.00526. The van der Waals surface area contributed by atoms with Crippen molar-refractivity contribution in [2.75, 3.05) is 6.61 Å². The molecule has 0 radical (unpaired) electrons. The number of fused-ring (bicyclic) bond motifs is 1. The second-order valence-corrected chi connectivity index (χ2v) is 7.16. The molecule has 2 N–H and O–H groups in total. The molecule has 0 spiro atoms. The van der Waals surface area contributed by atoms with Gasteiger partial charge in [-0.25, -0.2) is 14.1 Å². The molecule has 2 heterocycles. The Kier molecular flexibility index (Phi) is 6.56. The number of aliphatic carboxylic acids is 1. The maximum absolute atomic E-state index is 14.4. The van der Waals surface area contributed by atoms with E-state index in [1.165, 1.54) is 10.7 Å². The molecule has 0 fully saturated rings. The van der Waals surface area contributed by atoms with E-state index in [0.29, 0.717) is 35.3 Å². The highest BCUT2D eigenvalue weighted by atomic mass is 19.1. The number of benzene rings is 1. The topological polar surface area (TPSA) is 97.5 Å². The number of aliphatic hydroxyl groups is 1. The molecule has 0 aliphatic carbocycles. The first-order chi connectivity index (χ1) is 13.8. The first kappa shape index (κ1) is 20.9. The summed E-state index contributed by atoms with van der Waals surface area (Å²) in [5, 5.41) is 24.0. The molecule has 2 aromatic heterocycles. The van der Waals surface area contributed by atoms with E-state index < -0.39 is 17.9 Å². The van der Waals surface area contributed by atoms with E-state index in [1.807, 2.05) is 13.8 Å². The van der Waals surface area contributed by atoms with E-state index in [-0.39, 0.29) is 19.1 Å². The number of halogens is 1. The largest absolute Gasteiger partial charge is 0.481 e. The molecule has 0 saturated heterocycles. The Labute approximate surface area is 167 Å². The minimum Gasteiger partial charge on any atom is -0.481 e. The van der Waals surface area contributed by atoms with Gasteiger partial charge in [-0.1, -0.05) is 6.07 Å². The van der Waals surface area contributed by atoms with Crippen molar-refractivity contribution in [3.63, 3.8) is 0 Å². The van der Waals surface area contributed by atoms with Gasteiger partial charge >= 0.3 is 5.97 Å². The molecule has 0 bridgehead atoms. The smallest absolute Gasteiger partial charge is 0.303 e. The summed E-state index contributed by atoms with van der Waals surface area (Å²) < 4.78 is 21.4. The van der Waals surface area contributed by atoms with Gasteiger partial charge in [0, 0.05) is 23.6 Å². The first-order valence-electron chi connectivity index (χ1n) is 9.49. The number of hydrogen-bond acceptors (Lipinski definition) is 5. The molecule has 154 valence electrons. The van der Waals surface area contributed by atoms with Crippen LogP contribution in [0.25, 0.3) is 16.7 Å². The van der Waals surface area contributed by atoms with Crippen molar-refractivity contribution in [3.05, 3.63) is 53.6 Å². The lowest BCUT2D eigenvalue weighted by Gasteiger charge is -2.13. The van der Waals surface area contributed by atoms with Gasteiger partial charge in [-0.3, -0.25) is 4.79 Å². The van der Waals surface area contributed by atoms with Crippen LogP contribution in [0, 0.1) is 5.82 Å². The molecule has 1 atom stereocenters. The number of nitrogens with zero attached hydrogens (tertiary/aromatic N) is 3. The molecular formula is C21H24FN3O4. The van der Waals surface area contributed by atoms with Gasteiger partial charge in [-0.2, -0.15) is 5.10 Å². The maximum atomic E-state index is 14.4. The van der Waals surface area contributed by atoms with Gasteiger partial charge in [-0.15, -0.1) is 0 Å². The van der Waals surface area contributed by atoms with E-state index in [9.17, 15) is 14.3 Å². The molecule has 3 aromatic rings. The highest BCUT2D eigenvalue weighted by molar-refractivity contribution is 5.77. The highest BCUT2D eigenvalue weighted by Gasteiger charge is 2.14. The zero-order valence-electron chi connectivity index (χ0n) is 16.4. The van der Waals surface area contributed by atoms with E-state index in [2.05, 4.69) is 10.1 Å². The van der Waals surface area contributed by atoms with Crippen LogP contribution in [-0.4, -0.2) is 43.7 Å². The molecule has 0 saturated carbocycles. The Balaban J connectivity index is 1.79. The summed E-state index contributed by atoms with van der Waals surface area (Å²) in [6, 6.07) is 6.52. The van der Waals surface area contributed by atoms with Crippen molar-refractivity contribution < 1.29 is 24.1 Å². The normalized spacial score (nSPS) is 12.6. The maximum Gasteiger partial charge on any atom is 0.303 e. The summed E-state index contributed by atoms with van der Waals surface area (Å²) in [5.41, 5.74) is 2.15. The number of carboxylic acid groups (broad SMARTS) is 1. The van der Waals surface area contributed by atoms with Crippen LogP contribution in [0.5, 0.6) is 0 Å². The third kappa shape index (κ3) is 5.16. The number of carbonyl (C=O) groups is 1. The van der Waals surface area contributed by atoms with Crippen molar-refractivity contribution in [2.45, 2.75) is 45.3 Å². The summed E-state index contributed by atoms with van der Waals surface area (Å²) in [5.74, 6) is -1.30. The van der Waals surface area contributed by atoms with Crippen LogP contribution in [0.15, 0.2) is 36.7 Å². The van der Waals surface area contributed by atoms with Gasteiger partial charge in [0.05, 0.1) is 24.6 Å². The second kappa shape index (κ2) is 9.11.